The van der Waals surface area contributed by atoms with Crippen LogP contribution in [-0.2, 0) is 0 Å². The standard InChI is InChI=1S/C16H20N2O2/c1-19-14-8-7-12(15-10-16(17)18-20-15)9-13(14)11-5-3-2-4-6-11/h7-11H,2-6H2,1H3,(H2,17,18). The summed E-state index contributed by atoms with van der Waals surface area (Å²) in [7, 11) is 1.73. The van der Waals surface area contributed by atoms with Crippen LogP contribution in [0.25, 0.3) is 11.3 Å². The van der Waals surface area contributed by atoms with Gasteiger partial charge >= 0.3 is 0 Å². The molecule has 1 aliphatic carbocycles. The molecule has 0 radical (unpaired) electrons. The summed E-state index contributed by atoms with van der Waals surface area (Å²) in [5.74, 6) is 2.67. The summed E-state index contributed by atoms with van der Waals surface area (Å²) >= 11 is 0. The molecule has 1 aliphatic rings. The summed E-state index contributed by atoms with van der Waals surface area (Å²) in [6.07, 6.45) is 6.41. The Hall–Kier alpha value is -1.97. The van der Waals surface area contributed by atoms with Gasteiger partial charge in [-0.15, -0.1) is 0 Å². The summed E-state index contributed by atoms with van der Waals surface area (Å²) < 4.78 is 10.8. The van der Waals surface area contributed by atoms with Crippen LogP contribution in [-0.4, -0.2) is 12.3 Å². The molecule has 0 unspecified atom stereocenters. The van der Waals surface area contributed by atoms with E-state index in [9.17, 15) is 0 Å². The molecule has 1 aromatic heterocycles. The minimum atomic E-state index is 0.412. The number of anilines is 1. The van der Waals surface area contributed by atoms with Gasteiger partial charge in [0, 0.05) is 11.6 Å². The summed E-state index contributed by atoms with van der Waals surface area (Å²) in [6.45, 7) is 0. The molecule has 4 nitrogen and oxygen atoms in total. The third-order valence-corrected chi connectivity index (χ3v) is 4.09. The Morgan fingerprint density at radius 2 is 2.00 bits per heavy atom. The lowest BCUT2D eigenvalue weighted by Gasteiger charge is -2.24. The van der Waals surface area contributed by atoms with Crippen LogP contribution in [0.3, 0.4) is 0 Å². The van der Waals surface area contributed by atoms with Crippen LogP contribution in [0.4, 0.5) is 5.82 Å². The molecule has 0 saturated heterocycles. The van der Waals surface area contributed by atoms with Gasteiger partial charge < -0.3 is 15.0 Å². The van der Waals surface area contributed by atoms with Gasteiger partial charge in [-0.25, -0.2) is 0 Å². The normalized spacial score (nSPS) is 16.2. The van der Waals surface area contributed by atoms with E-state index in [0.29, 0.717) is 17.5 Å². The fraction of sp³-hybridized carbons (Fsp3) is 0.438. The molecule has 106 valence electrons. The molecule has 1 fully saturated rings. The average molecular weight is 272 g/mol. The zero-order chi connectivity index (χ0) is 13.9. The van der Waals surface area contributed by atoms with Gasteiger partial charge in [0.05, 0.1) is 7.11 Å². The Bertz CT molecular complexity index is 586. The third kappa shape index (κ3) is 2.50. The SMILES string of the molecule is COc1ccc(-c2cc(N)no2)cc1C1CCCCC1. The second-order valence-electron chi connectivity index (χ2n) is 5.41. The van der Waals surface area contributed by atoms with Gasteiger partial charge in [0.1, 0.15) is 5.75 Å². The van der Waals surface area contributed by atoms with E-state index in [1.165, 1.54) is 37.7 Å². The molecule has 1 heterocycles. The van der Waals surface area contributed by atoms with E-state index < -0.39 is 0 Å². The van der Waals surface area contributed by atoms with Crippen LogP contribution in [0.2, 0.25) is 0 Å². The van der Waals surface area contributed by atoms with E-state index in [1.54, 1.807) is 13.2 Å². The highest BCUT2D eigenvalue weighted by Gasteiger charge is 2.20. The van der Waals surface area contributed by atoms with Crippen LogP contribution in [0.15, 0.2) is 28.8 Å². The number of ether oxygens (including phenoxy) is 1. The molecule has 1 aromatic carbocycles. The predicted octanol–water partition coefficient (Wildman–Crippen LogP) is 3.98. The van der Waals surface area contributed by atoms with Crippen molar-refractivity contribution in [2.75, 3.05) is 12.8 Å². The molecule has 4 heteroatoms. The Kier molecular flexibility index (Phi) is 3.63. The van der Waals surface area contributed by atoms with Gasteiger partial charge in [-0.2, -0.15) is 0 Å². The van der Waals surface area contributed by atoms with Crippen molar-refractivity contribution < 1.29 is 9.26 Å². The van der Waals surface area contributed by atoms with E-state index in [0.717, 1.165) is 11.3 Å². The number of aromatic nitrogens is 1. The Morgan fingerprint density at radius 3 is 2.65 bits per heavy atom. The molecular formula is C16H20N2O2. The molecule has 2 N–H and O–H groups in total. The van der Waals surface area contributed by atoms with Crippen LogP contribution >= 0.6 is 0 Å². The molecule has 0 aliphatic heterocycles. The van der Waals surface area contributed by atoms with Crippen molar-refractivity contribution in [3.8, 4) is 17.1 Å². The third-order valence-electron chi connectivity index (χ3n) is 4.09. The molecule has 3 rings (SSSR count). The lowest BCUT2D eigenvalue weighted by Crippen LogP contribution is -2.06. The molecule has 0 atom stereocenters. The molecular weight excluding hydrogens is 252 g/mol. The zero-order valence-electron chi connectivity index (χ0n) is 11.8. The van der Waals surface area contributed by atoms with Gasteiger partial charge in [0.15, 0.2) is 11.6 Å². The maximum absolute atomic E-state index is 5.62. The number of nitrogens with zero attached hydrogens (tertiary/aromatic N) is 1. The fourth-order valence-electron chi connectivity index (χ4n) is 3.05. The average Bonchev–Trinajstić information content (AvgIpc) is 2.94. The predicted molar refractivity (Wildman–Crippen MR) is 78.7 cm³/mol. The number of rotatable bonds is 3. The molecule has 0 amide bonds. The van der Waals surface area contributed by atoms with Crippen LogP contribution in [0.5, 0.6) is 5.75 Å². The van der Waals surface area contributed by atoms with Gasteiger partial charge in [0.2, 0.25) is 0 Å². The fourth-order valence-corrected chi connectivity index (χ4v) is 3.05. The first-order valence-electron chi connectivity index (χ1n) is 7.18. The van der Waals surface area contributed by atoms with Crippen molar-refractivity contribution in [1.82, 2.24) is 5.16 Å². The topological polar surface area (TPSA) is 61.3 Å². The smallest absolute Gasteiger partial charge is 0.169 e. The van der Waals surface area contributed by atoms with E-state index in [1.807, 2.05) is 12.1 Å². The minimum Gasteiger partial charge on any atom is -0.496 e. The maximum Gasteiger partial charge on any atom is 0.169 e. The van der Waals surface area contributed by atoms with Crippen molar-refractivity contribution in [3.05, 3.63) is 29.8 Å². The van der Waals surface area contributed by atoms with Crippen molar-refractivity contribution in [2.45, 2.75) is 38.0 Å². The van der Waals surface area contributed by atoms with E-state index >= 15 is 0 Å². The highest BCUT2D eigenvalue weighted by molar-refractivity contribution is 5.63. The summed E-state index contributed by atoms with van der Waals surface area (Å²) in [5.41, 5.74) is 7.91. The largest absolute Gasteiger partial charge is 0.496 e. The van der Waals surface area contributed by atoms with Crippen LogP contribution in [0, 0.1) is 0 Å². The molecule has 2 aromatic rings. The quantitative estimate of drug-likeness (QED) is 0.918. The van der Waals surface area contributed by atoms with E-state index in [2.05, 4.69) is 11.2 Å². The van der Waals surface area contributed by atoms with Gasteiger partial charge in [-0.05, 0) is 42.5 Å². The minimum absolute atomic E-state index is 0.412. The van der Waals surface area contributed by atoms with Gasteiger partial charge in [-0.1, -0.05) is 24.4 Å². The second-order valence-corrected chi connectivity index (χ2v) is 5.41. The highest BCUT2D eigenvalue weighted by atomic mass is 16.5. The van der Waals surface area contributed by atoms with Gasteiger partial charge in [-0.3, -0.25) is 0 Å². The first kappa shape index (κ1) is 13.0. The summed E-state index contributed by atoms with van der Waals surface area (Å²) in [6, 6.07) is 7.92. The van der Waals surface area contributed by atoms with E-state index in [-0.39, 0.29) is 0 Å². The number of methoxy groups -OCH3 is 1. The van der Waals surface area contributed by atoms with Crippen molar-refractivity contribution in [2.24, 2.45) is 0 Å². The molecule has 0 spiro atoms. The molecule has 1 saturated carbocycles. The number of nitrogens with two attached hydrogens (primary N) is 1. The Balaban J connectivity index is 1.97. The lowest BCUT2D eigenvalue weighted by atomic mass is 9.83. The van der Waals surface area contributed by atoms with Crippen molar-refractivity contribution >= 4 is 5.82 Å². The number of nitrogen functional groups attached to an aromatic ring is 1. The number of hydrogen-bond acceptors (Lipinski definition) is 4. The number of hydrogen-bond donors (Lipinski definition) is 1. The molecule has 20 heavy (non-hydrogen) atoms. The zero-order valence-corrected chi connectivity index (χ0v) is 11.8. The first-order chi connectivity index (χ1) is 9.78. The summed E-state index contributed by atoms with van der Waals surface area (Å²) in [4.78, 5) is 0. The Labute approximate surface area is 118 Å². The first-order valence-corrected chi connectivity index (χ1v) is 7.18. The second kappa shape index (κ2) is 5.57. The van der Waals surface area contributed by atoms with E-state index in [4.69, 9.17) is 15.0 Å². The monoisotopic (exact) mass is 272 g/mol. The highest BCUT2D eigenvalue weighted by Crippen LogP contribution is 2.39. The maximum atomic E-state index is 5.62. The van der Waals surface area contributed by atoms with Crippen LogP contribution in [0.1, 0.15) is 43.6 Å². The molecule has 0 bridgehead atoms. The summed E-state index contributed by atoms with van der Waals surface area (Å²) in [5, 5.41) is 3.75. The van der Waals surface area contributed by atoms with Crippen molar-refractivity contribution in [3.63, 3.8) is 0 Å². The number of benzene rings is 1. The van der Waals surface area contributed by atoms with Crippen LogP contribution < -0.4 is 10.5 Å². The Morgan fingerprint density at radius 1 is 1.20 bits per heavy atom. The van der Waals surface area contributed by atoms with Gasteiger partial charge in [0.25, 0.3) is 0 Å². The lowest BCUT2D eigenvalue weighted by molar-refractivity contribution is 0.387. The van der Waals surface area contributed by atoms with Crippen molar-refractivity contribution in [1.29, 1.82) is 0 Å².